The van der Waals surface area contributed by atoms with Gasteiger partial charge in [-0.3, -0.25) is 4.79 Å². The van der Waals surface area contributed by atoms with Crippen LogP contribution in [0.15, 0.2) is 11.1 Å². The molecule has 112 valence electrons. The Labute approximate surface area is 120 Å². The monoisotopic (exact) mass is 320 g/mol. The van der Waals surface area contributed by atoms with E-state index in [0.717, 1.165) is 4.57 Å². The van der Waals surface area contributed by atoms with E-state index in [4.69, 9.17) is 11.6 Å². The third-order valence-corrected chi connectivity index (χ3v) is 3.43. The van der Waals surface area contributed by atoms with Crippen LogP contribution in [0, 0.1) is 0 Å². The molecule has 7 nitrogen and oxygen atoms in total. The molecule has 0 saturated heterocycles. The van der Waals surface area contributed by atoms with Crippen molar-refractivity contribution in [3.63, 3.8) is 0 Å². The lowest BCUT2D eigenvalue weighted by Crippen LogP contribution is -2.36. The number of rotatable bonds is 1. The van der Waals surface area contributed by atoms with Crippen molar-refractivity contribution in [3.05, 3.63) is 33.4 Å². The number of nitrogens with one attached hydrogen (secondary N) is 1. The number of fused-ring (bicyclic) bond motifs is 1. The Morgan fingerprint density at radius 2 is 2.05 bits per heavy atom. The van der Waals surface area contributed by atoms with Crippen LogP contribution in [-0.4, -0.2) is 31.3 Å². The van der Waals surface area contributed by atoms with Crippen LogP contribution in [0.5, 0.6) is 0 Å². The molecular weight excluding hydrogens is 313 g/mol. The third-order valence-electron chi connectivity index (χ3n) is 3.08. The molecule has 0 bridgehead atoms. The van der Waals surface area contributed by atoms with Crippen molar-refractivity contribution in [1.29, 1.82) is 0 Å². The van der Waals surface area contributed by atoms with Crippen LogP contribution in [0.1, 0.15) is 11.6 Å². The van der Waals surface area contributed by atoms with Crippen molar-refractivity contribution in [1.82, 2.24) is 24.7 Å². The van der Waals surface area contributed by atoms with Crippen LogP contribution in [-0.2, 0) is 19.3 Å². The summed E-state index contributed by atoms with van der Waals surface area (Å²) in [5.74, 6) is -0.669. The Balaban J connectivity index is 1.94. The van der Waals surface area contributed by atoms with E-state index in [1.165, 1.54) is 6.33 Å². The van der Waals surface area contributed by atoms with E-state index in [-0.39, 0.29) is 36.3 Å². The number of hydrogen-bond acceptors (Lipinski definition) is 5. The third kappa shape index (κ3) is 2.35. The van der Waals surface area contributed by atoms with Gasteiger partial charge >= 0.3 is 6.18 Å². The van der Waals surface area contributed by atoms with Crippen LogP contribution in [0.3, 0.4) is 0 Å². The Hall–Kier alpha value is -2.10. The Kier molecular flexibility index (Phi) is 3.12. The fourth-order valence-electron chi connectivity index (χ4n) is 2.14. The predicted molar refractivity (Wildman–Crippen MR) is 65.9 cm³/mol. The van der Waals surface area contributed by atoms with Gasteiger partial charge in [-0.2, -0.15) is 13.2 Å². The van der Waals surface area contributed by atoms with Gasteiger partial charge in [0.1, 0.15) is 5.02 Å². The van der Waals surface area contributed by atoms with Crippen LogP contribution in [0.4, 0.5) is 19.0 Å². The van der Waals surface area contributed by atoms with Gasteiger partial charge in [0.2, 0.25) is 5.82 Å². The van der Waals surface area contributed by atoms with Gasteiger partial charge in [-0.25, -0.2) is 4.98 Å². The number of H-pyrrole nitrogens is 1. The molecule has 21 heavy (non-hydrogen) atoms. The first-order valence-electron chi connectivity index (χ1n) is 5.85. The smallest absolute Gasteiger partial charge is 0.346 e. The molecule has 0 saturated carbocycles. The van der Waals surface area contributed by atoms with Crippen molar-refractivity contribution in [2.24, 2.45) is 0 Å². The summed E-state index contributed by atoms with van der Waals surface area (Å²) in [5, 5.41) is 6.61. The summed E-state index contributed by atoms with van der Waals surface area (Å²) < 4.78 is 39.2. The first-order chi connectivity index (χ1) is 9.88. The number of aromatic amines is 1. The molecule has 2 aromatic heterocycles. The highest BCUT2D eigenvalue weighted by Crippen LogP contribution is 2.30. The lowest BCUT2D eigenvalue weighted by Gasteiger charge is -2.29. The maximum Gasteiger partial charge on any atom is 0.451 e. The van der Waals surface area contributed by atoms with Crippen molar-refractivity contribution >= 4 is 17.4 Å². The summed E-state index contributed by atoms with van der Waals surface area (Å²) in [7, 11) is 0. The molecule has 0 aromatic carbocycles. The quantitative estimate of drug-likeness (QED) is 0.849. The van der Waals surface area contributed by atoms with Crippen LogP contribution in [0.2, 0.25) is 5.02 Å². The Morgan fingerprint density at radius 3 is 2.76 bits per heavy atom. The number of hydrogen-bond donors (Lipinski definition) is 1. The van der Waals surface area contributed by atoms with Crippen LogP contribution < -0.4 is 10.5 Å². The second kappa shape index (κ2) is 4.72. The minimum Gasteiger partial charge on any atom is -0.346 e. The van der Waals surface area contributed by atoms with E-state index >= 15 is 0 Å². The van der Waals surface area contributed by atoms with E-state index in [2.05, 4.69) is 20.2 Å². The van der Waals surface area contributed by atoms with Crippen LogP contribution >= 0.6 is 11.6 Å². The molecule has 1 aliphatic heterocycles. The lowest BCUT2D eigenvalue weighted by molar-refractivity contribution is -0.147. The Morgan fingerprint density at radius 1 is 1.29 bits per heavy atom. The van der Waals surface area contributed by atoms with E-state index in [0.29, 0.717) is 0 Å². The summed E-state index contributed by atoms with van der Waals surface area (Å²) in [6, 6.07) is 0. The molecule has 0 atom stereocenters. The summed E-state index contributed by atoms with van der Waals surface area (Å²) in [4.78, 5) is 19.3. The molecule has 11 heteroatoms. The minimum atomic E-state index is -4.55. The van der Waals surface area contributed by atoms with Gasteiger partial charge in [0.15, 0.2) is 11.6 Å². The van der Waals surface area contributed by atoms with Crippen molar-refractivity contribution < 1.29 is 13.2 Å². The molecule has 0 spiro atoms. The largest absolute Gasteiger partial charge is 0.451 e. The minimum absolute atomic E-state index is 0.0297. The number of nitrogens with zero attached hydrogens (tertiary/aromatic N) is 5. The molecule has 0 aliphatic carbocycles. The molecule has 3 rings (SSSR count). The fourth-order valence-corrected chi connectivity index (χ4v) is 2.37. The highest BCUT2D eigenvalue weighted by molar-refractivity contribution is 6.32. The second-order valence-electron chi connectivity index (χ2n) is 4.38. The average molecular weight is 321 g/mol. The van der Waals surface area contributed by atoms with Crippen molar-refractivity contribution in [2.75, 3.05) is 11.4 Å². The summed E-state index contributed by atoms with van der Waals surface area (Å²) >= 11 is 5.86. The lowest BCUT2D eigenvalue weighted by atomic mass is 10.3. The predicted octanol–water partition coefficient (Wildman–Crippen LogP) is 1.05. The van der Waals surface area contributed by atoms with Gasteiger partial charge < -0.3 is 14.5 Å². The summed E-state index contributed by atoms with van der Waals surface area (Å²) in [6.07, 6.45) is -3.36. The molecule has 0 amide bonds. The zero-order valence-electron chi connectivity index (χ0n) is 10.4. The van der Waals surface area contributed by atoms with E-state index in [1.807, 2.05) is 0 Å². The van der Waals surface area contributed by atoms with Crippen LogP contribution in [0.25, 0.3) is 0 Å². The number of anilines is 1. The standard InChI is InChI=1S/C10H8ClF3N6O/c11-6-7(15-4-16-8(6)21)19-1-2-20-5(3-19)17-18-9(20)10(12,13)14/h4H,1-3H2,(H,15,16,21). The summed E-state index contributed by atoms with van der Waals surface area (Å²) in [5.41, 5.74) is -0.510. The molecule has 2 aromatic rings. The van der Waals surface area contributed by atoms with Gasteiger partial charge in [0, 0.05) is 13.1 Å². The maximum atomic E-state index is 12.7. The number of aromatic nitrogens is 5. The van der Waals surface area contributed by atoms with Gasteiger partial charge in [-0.05, 0) is 0 Å². The zero-order valence-corrected chi connectivity index (χ0v) is 11.1. The van der Waals surface area contributed by atoms with E-state index in [9.17, 15) is 18.0 Å². The first kappa shape index (κ1) is 13.9. The topological polar surface area (TPSA) is 79.7 Å². The van der Waals surface area contributed by atoms with Gasteiger partial charge in [0.05, 0.1) is 12.9 Å². The van der Waals surface area contributed by atoms with Crippen molar-refractivity contribution in [2.45, 2.75) is 19.3 Å². The number of alkyl halides is 3. The van der Waals surface area contributed by atoms with E-state index < -0.39 is 17.6 Å². The van der Waals surface area contributed by atoms with Gasteiger partial charge in [-0.15, -0.1) is 10.2 Å². The fraction of sp³-hybridized carbons (Fsp3) is 0.400. The van der Waals surface area contributed by atoms with Gasteiger partial charge in [-0.1, -0.05) is 11.6 Å². The molecule has 1 N–H and O–H groups in total. The number of halogens is 4. The molecule has 0 radical (unpaired) electrons. The molecular formula is C10H8ClF3N6O. The molecule has 0 fully saturated rings. The molecule has 3 heterocycles. The highest BCUT2D eigenvalue weighted by atomic mass is 35.5. The van der Waals surface area contributed by atoms with E-state index in [1.54, 1.807) is 4.90 Å². The molecule has 0 unspecified atom stereocenters. The van der Waals surface area contributed by atoms with Crippen molar-refractivity contribution in [3.8, 4) is 0 Å². The Bertz CT molecular complexity index is 739. The second-order valence-corrected chi connectivity index (χ2v) is 4.76. The normalized spacial score (nSPS) is 15.1. The van der Waals surface area contributed by atoms with Gasteiger partial charge in [0.25, 0.3) is 5.56 Å². The summed E-state index contributed by atoms with van der Waals surface area (Å²) in [6.45, 7) is 0.283. The highest BCUT2D eigenvalue weighted by Gasteiger charge is 2.39. The first-order valence-corrected chi connectivity index (χ1v) is 6.23. The molecule has 1 aliphatic rings. The average Bonchev–Trinajstić information content (AvgIpc) is 2.84. The zero-order chi connectivity index (χ0) is 15.2. The maximum absolute atomic E-state index is 12.7. The SMILES string of the molecule is O=c1[nH]cnc(N2CCn3c(nnc3C(F)(F)F)C2)c1Cl.